The largest absolute Gasteiger partial charge is 0.350 e. The van der Waals surface area contributed by atoms with Crippen LogP contribution in [0.4, 0.5) is 10.3 Å². The fourth-order valence-electron chi connectivity index (χ4n) is 1.68. The molecule has 0 bridgehead atoms. The molecule has 0 radical (unpaired) electrons. The lowest BCUT2D eigenvalue weighted by Gasteiger charge is -1.97. The van der Waals surface area contributed by atoms with Crippen LogP contribution in [0.15, 0.2) is 30.6 Å². The van der Waals surface area contributed by atoms with Gasteiger partial charge >= 0.3 is 0 Å². The Morgan fingerprint density at radius 1 is 1.39 bits per heavy atom. The molecule has 3 rings (SSSR count). The first-order valence-corrected chi connectivity index (χ1v) is 5.18. The van der Waals surface area contributed by atoms with Crippen molar-refractivity contribution >= 4 is 22.8 Å². The number of amides is 1. The predicted molar refractivity (Wildman–Crippen MR) is 62.6 cm³/mol. The Labute approximate surface area is 100 Å². The minimum Gasteiger partial charge on any atom is -0.350 e. The van der Waals surface area contributed by atoms with Crippen LogP contribution in [-0.4, -0.2) is 26.1 Å². The van der Waals surface area contributed by atoms with Gasteiger partial charge in [0.2, 0.25) is 5.95 Å². The van der Waals surface area contributed by atoms with Gasteiger partial charge in [-0.25, -0.2) is 9.49 Å². The highest BCUT2D eigenvalue weighted by Crippen LogP contribution is 2.18. The zero-order valence-corrected chi connectivity index (χ0v) is 9.07. The Bertz CT molecular complexity index is 703. The predicted octanol–water partition coefficient (Wildman–Crippen LogP) is 1.68. The molecule has 0 fully saturated rings. The molecule has 0 unspecified atom stereocenters. The summed E-state index contributed by atoms with van der Waals surface area (Å²) in [6.45, 7) is 0. The van der Waals surface area contributed by atoms with E-state index in [2.05, 4.69) is 25.5 Å². The van der Waals surface area contributed by atoms with Crippen molar-refractivity contribution in [1.29, 1.82) is 0 Å². The van der Waals surface area contributed by atoms with Gasteiger partial charge in [0.25, 0.3) is 5.91 Å². The van der Waals surface area contributed by atoms with Gasteiger partial charge in [-0.3, -0.25) is 10.1 Å². The number of rotatable bonds is 2. The lowest BCUT2D eigenvalue weighted by Crippen LogP contribution is -2.13. The number of carbonyl (C=O) groups is 1. The second-order valence-electron chi connectivity index (χ2n) is 3.67. The van der Waals surface area contributed by atoms with E-state index in [0.29, 0.717) is 10.9 Å². The zero-order valence-electron chi connectivity index (χ0n) is 9.07. The number of aromatic amines is 2. The molecule has 6 nitrogen and oxygen atoms in total. The maximum atomic E-state index is 13.5. The number of fused-ring (bicyclic) bond motifs is 1. The van der Waals surface area contributed by atoms with Gasteiger partial charge in [0.1, 0.15) is 17.8 Å². The van der Waals surface area contributed by atoms with E-state index in [4.69, 9.17) is 0 Å². The fraction of sp³-hybridized carbons (Fsp3) is 0. The topological polar surface area (TPSA) is 86.5 Å². The number of benzene rings is 1. The first kappa shape index (κ1) is 10.5. The van der Waals surface area contributed by atoms with Gasteiger partial charge in [-0.15, -0.1) is 0 Å². The smallest absolute Gasteiger partial charge is 0.274 e. The molecule has 1 aromatic carbocycles. The summed E-state index contributed by atoms with van der Waals surface area (Å²) in [4.78, 5) is 18.4. The Balaban J connectivity index is 1.94. The van der Waals surface area contributed by atoms with E-state index >= 15 is 0 Å². The Morgan fingerprint density at radius 3 is 3.00 bits per heavy atom. The van der Waals surface area contributed by atoms with Crippen molar-refractivity contribution in [3.05, 3.63) is 42.1 Å². The summed E-state index contributed by atoms with van der Waals surface area (Å²) in [5.41, 5.74) is 0.823. The maximum Gasteiger partial charge on any atom is 0.274 e. The molecule has 90 valence electrons. The first-order valence-electron chi connectivity index (χ1n) is 5.18. The van der Waals surface area contributed by atoms with E-state index < -0.39 is 5.91 Å². The highest BCUT2D eigenvalue weighted by atomic mass is 19.1. The molecule has 3 N–H and O–H groups in total. The molecule has 0 aliphatic rings. The molecule has 0 spiro atoms. The molecular weight excluding hydrogens is 237 g/mol. The SMILES string of the molecule is O=C(Nc1ncn[nH]1)c1cc2c(F)cccc2[nH]1. The van der Waals surface area contributed by atoms with Crippen LogP contribution in [0.25, 0.3) is 10.9 Å². The third-order valence-corrected chi connectivity index (χ3v) is 2.50. The Kier molecular flexibility index (Phi) is 2.30. The number of aromatic nitrogens is 4. The summed E-state index contributed by atoms with van der Waals surface area (Å²) in [6, 6.07) is 6.07. The van der Waals surface area contributed by atoms with Crippen LogP contribution in [0, 0.1) is 5.82 Å². The van der Waals surface area contributed by atoms with Crippen LogP contribution in [0.2, 0.25) is 0 Å². The van der Waals surface area contributed by atoms with Crippen molar-refractivity contribution < 1.29 is 9.18 Å². The lowest BCUT2D eigenvalue weighted by atomic mass is 10.2. The van der Waals surface area contributed by atoms with Gasteiger partial charge in [0.05, 0.1) is 0 Å². The molecule has 0 aliphatic carbocycles. The number of nitrogens with one attached hydrogen (secondary N) is 3. The number of hydrogen-bond donors (Lipinski definition) is 3. The van der Waals surface area contributed by atoms with Gasteiger partial charge in [-0.05, 0) is 18.2 Å². The van der Waals surface area contributed by atoms with Crippen molar-refractivity contribution in [1.82, 2.24) is 20.2 Å². The highest BCUT2D eigenvalue weighted by molar-refractivity contribution is 6.05. The molecule has 0 aliphatic heterocycles. The van der Waals surface area contributed by atoms with E-state index in [0.717, 1.165) is 0 Å². The Hall–Kier alpha value is -2.70. The van der Waals surface area contributed by atoms with Crippen LogP contribution >= 0.6 is 0 Å². The Morgan fingerprint density at radius 2 is 2.28 bits per heavy atom. The molecule has 0 saturated carbocycles. The fourth-order valence-corrected chi connectivity index (χ4v) is 1.68. The number of nitrogens with zero attached hydrogens (tertiary/aromatic N) is 2. The molecule has 3 aromatic rings. The van der Waals surface area contributed by atoms with Gasteiger partial charge in [-0.1, -0.05) is 6.07 Å². The minimum atomic E-state index is -0.414. The molecule has 0 atom stereocenters. The van der Waals surface area contributed by atoms with Crippen molar-refractivity contribution in [2.24, 2.45) is 0 Å². The summed E-state index contributed by atoms with van der Waals surface area (Å²) < 4.78 is 13.5. The maximum absolute atomic E-state index is 13.5. The summed E-state index contributed by atoms with van der Waals surface area (Å²) in [5.74, 6) is -0.552. The van der Waals surface area contributed by atoms with Gasteiger partial charge in [0, 0.05) is 10.9 Å². The van der Waals surface area contributed by atoms with Crippen LogP contribution in [0.5, 0.6) is 0 Å². The number of carbonyl (C=O) groups excluding carboxylic acids is 1. The summed E-state index contributed by atoms with van der Waals surface area (Å²) in [6.07, 6.45) is 1.28. The molecule has 1 amide bonds. The van der Waals surface area contributed by atoms with Crippen LogP contribution in [0.3, 0.4) is 0 Å². The van der Waals surface area contributed by atoms with Crippen LogP contribution < -0.4 is 5.32 Å². The quantitative estimate of drug-likeness (QED) is 0.642. The third kappa shape index (κ3) is 1.71. The molecule has 0 saturated heterocycles. The average molecular weight is 245 g/mol. The van der Waals surface area contributed by atoms with Gasteiger partial charge in [0.15, 0.2) is 0 Å². The van der Waals surface area contributed by atoms with Crippen LogP contribution in [-0.2, 0) is 0 Å². The van der Waals surface area contributed by atoms with E-state index in [1.54, 1.807) is 12.1 Å². The second-order valence-corrected chi connectivity index (χ2v) is 3.67. The third-order valence-electron chi connectivity index (χ3n) is 2.50. The van der Waals surface area contributed by atoms with E-state index in [1.165, 1.54) is 18.5 Å². The van der Waals surface area contributed by atoms with Gasteiger partial charge in [-0.2, -0.15) is 10.1 Å². The second kappa shape index (κ2) is 3.95. The number of anilines is 1. The number of hydrogen-bond acceptors (Lipinski definition) is 3. The molecular formula is C11H8FN5O. The van der Waals surface area contributed by atoms with E-state index in [-0.39, 0.29) is 17.5 Å². The van der Waals surface area contributed by atoms with Crippen molar-refractivity contribution in [2.75, 3.05) is 5.32 Å². The van der Waals surface area contributed by atoms with E-state index in [9.17, 15) is 9.18 Å². The molecule has 2 aromatic heterocycles. The van der Waals surface area contributed by atoms with Crippen molar-refractivity contribution in [3.63, 3.8) is 0 Å². The monoisotopic (exact) mass is 245 g/mol. The minimum absolute atomic E-state index is 0.235. The summed E-state index contributed by atoms with van der Waals surface area (Å²) in [7, 11) is 0. The molecule has 18 heavy (non-hydrogen) atoms. The lowest BCUT2D eigenvalue weighted by molar-refractivity contribution is 0.102. The highest BCUT2D eigenvalue weighted by Gasteiger charge is 2.12. The van der Waals surface area contributed by atoms with Crippen molar-refractivity contribution in [3.8, 4) is 0 Å². The standard InChI is InChI=1S/C11H8FN5O/c12-7-2-1-3-8-6(7)4-9(15-8)10(18)16-11-13-5-14-17-11/h1-5,15H,(H2,13,14,16,17,18). The molecule has 7 heteroatoms. The normalized spacial score (nSPS) is 10.7. The molecule has 2 heterocycles. The number of halogens is 1. The summed E-state index contributed by atoms with van der Waals surface area (Å²) in [5, 5.41) is 8.98. The van der Waals surface area contributed by atoms with E-state index in [1.807, 2.05) is 0 Å². The van der Waals surface area contributed by atoms with Crippen molar-refractivity contribution in [2.45, 2.75) is 0 Å². The first-order chi connectivity index (χ1) is 8.74. The summed E-state index contributed by atoms with van der Waals surface area (Å²) >= 11 is 0. The van der Waals surface area contributed by atoms with Gasteiger partial charge < -0.3 is 4.98 Å². The average Bonchev–Trinajstić information content (AvgIpc) is 2.97. The zero-order chi connectivity index (χ0) is 12.5. The number of H-pyrrole nitrogens is 2. The van der Waals surface area contributed by atoms with Crippen LogP contribution in [0.1, 0.15) is 10.5 Å².